The molecule has 3 rings (SSSR count). The van der Waals surface area contributed by atoms with Crippen LogP contribution in [-0.4, -0.2) is 60.8 Å². The van der Waals surface area contributed by atoms with E-state index in [9.17, 15) is 23.1 Å². The first-order chi connectivity index (χ1) is 12.4. The maximum atomic E-state index is 12.6. The van der Waals surface area contributed by atoms with Crippen LogP contribution in [0.4, 0.5) is 0 Å². The minimum absolute atomic E-state index is 0.0585. The fourth-order valence-electron chi connectivity index (χ4n) is 2.90. The molecule has 2 aromatic carbocycles. The molecular weight excluding hydrogens is 356 g/mol. The number of carbonyl (C=O) groups is 2. The number of carboxylic acids is 1. The average molecular weight is 374 g/mol. The maximum Gasteiger partial charge on any atom is 0.336 e. The lowest BCUT2D eigenvalue weighted by atomic mass is 10.1. The lowest BCUT2D eigenvalue weighted by molar-refractivity contribution is 0.0656. The highest BCUT2D eigenvalue weighted by atomic mass is 32.2. The molecule has 0 radical (unpaired) electrons. The van der Waals surface area contributed by atoms with Crippen LogP contribution in [0.15, 0.2) is 59.5 Å². The molecule has 1 fully saturated rings. The number of carboxylic acid groups (broad SMARTS) is 1. The molecule has 1 amide bonds. The molecule has 26 heavy (non-hydrogen) atoms. The lowest BCUT2D eigenvalue weighted by Crippen LogP contribution is -2.50. The molecule has 0 aliphatic carbocycles. The van der Waals surface area contributed by atoms with E-state index in [1.807, 2.05) is 0 Å². The molecule has 136 valence electrons. The second kappa shape index (κ2) is 7.27. The largest absolute Gasteiger partial charge is 0.478 e. The molecule has 7 nitrogen and oxygen atoms in total. The standard InChI is InChI=1S/C18H18N2O5S/c21-17(15-8-4-5-9-16(15)18(22)23)19-10-12-20(13-11-19)26(24,25)14-6-2-1-3-7-14/h1-9H,10-13H2,(H,22,23). The Labute approximate surface area is 151 Å². The number of aromatic carboxylic acids is 1. The Morgan fingerprint density at radius 1 is 0.808 bits per heavy atom. The van der Waals surface area contributed by atoms with Crippen LogP contribution in [0, 0.1) is 0 Å². The minimum atomic E-state index is -3.60. The summed E-state index contributed by atoms with van der Waals surface area (Å²) in [5.41, 5.74) is 0.0520. The van der Waals surface area contributed by atoms with Crippen LogP contribution in [0.3, 0.4) is 0 Å². The topological polar surface area (TPSA) is 95.0 Å². The SMILES string of the molecule is O=C(O)c1ccccc1C(=O)N1CCN(S(=O)(=O)c2ccccc2)CC1. The van der Waals surface area contributed by atoms with Crippen LogP contribution in [-0.2, 0) is 10.0 Å². The van der Waals surface area contributed by atoms with Gasteiger partial charge in [0.1, 0.15) is 0 Å². The third-order valence-electron chi connectivity index (χ3n) is 4.29. The van der Waals surface area contributed by atoms with Gasteiger partial charge in [-0.25, -0.2) is 13.2 Å². The molecule has 0 spiro atoms. The monoisotopic (exact) mass is 374 g/mol. The van der Waals surface area contributed by atoms with E-state index < -0.39 is 21.9 Å². The quantitative estimate of drug-likeness (QED) is 0.876. The molecule has 0 atom stereocenters. The third kappa shape index (κ3) is 3.47. The number of nitrogens with zero attached hydrogens (tertiary/aromatic N) is 2. The van der Waals surface area contributed by atoms with Crippen molar-refractivity contribution in [2.75, 3.05) is 26.2 Å². The predicted octanol–water partition coefficient (Wildman–Crippen LogP) is 1.53. The number of piperazine rings is 1. The van der Waals surface area contributed by atoms with Crippen LogP contribution < -0.4 is 0 Å². The number of carbonyl (C=O) groups excluding carboxylic acids is 1. The zero-order valence-electron chi connectivity index (χ0n) is 13.9. The molecule has 1 aliphatic rings. The number of benzene rings is 2. The van der Waals surface area contributed by atoms with Gasteiger partial charge in [0.25, 0.3) is 5.91 Å². The predicted molar refractivity (Wildman–Crippen MR) is 94.5 cm³/mol. The molecule has 2 aromatic rings. The fraction of sp³-hybridized carbons (Fsp3) is 0.222. The summed E-state index contributed by atoms with van der Waals surface area (Å²) in [4.78, 5) is 25.6. The highest BCUT2D eigenvalue weighted by molar-refractivity contribution is 7.89. The molecule has 1 heterocycles. The van der Waals surface area contributed by atoms with Crippen LogP contribution in [0.1, 0.15) is 20.7 Å². The van der Waals surface area contributed by atoms with Gasteiger partial charge in [-0.05, 0) is 24.3 Å². The number of rotatable bonds is 4. The smallest absolute Gasteiger partial charge is 0.336 e. The average Bonchev–Trinajstić information content (AvgIpc) is 2.68. The van der Waals surface area contributed by atoms with Crippen LogP contribution in [0.25, 0.3) is 0 Å². The van der Waals surface area contributed by atoms with Crippen molar-refractivity contribution in [3.63, 3.8) is 0 Å². The summed E-state index contributed by atoms with van der Waals surface area (Å²) < 4.78 is 26.6. The van der Waals surface area contributed by atoms with Crippen molar-refractivity contribution in [3.05, 3.63) is 65.7 Å². The van der Waals surface area contributed by atoms with Gasteiger partial charge in [-0.1, -0.05) is 30.3 Å². The molecule has 1 aliphatic heterocycles. The summed E-state index contributed by atoms with van der Waals surface area (Å²) in [6, 6.07) is 14.2. The second-order valence-electron chi connectivity index (χ2n) is 5.86. The lowest BCUT2D eigenvalue weighted by Gasteiger charge is -2.34. The molecule has 1 saturated heterocycles. The van der Waals surface area contributed by atoms with Crippen molar-refractivity contribution < 1.29 is 23.1 Å². The molecular formula is C18H18N2O5S. The van der Waals surface area contributed by atoms with E-state index in [-0.39, 0.29) is 42.2 Å². The van der Waals surface area contributed by atoms with Crippen molar-refractivity contribution in [2.24, 2.45) is 0 Å². The van der Waals surface area contributed by atoms with Crippen molar-refractivity contribution in [1.82, 2.24) is 9.21 Å². The Morgan fingerprint density at radius 2 is 1.35 bits per heavy atom. The van der Waals surface area contributed by atoms with E-state index >= 15 is 0 Å². The van der Waals surface area contributed by atoms with E-state index in [0.29, 0.717) is 0 Å². The Bertz CT molecular complexity index is 920. The summed E-state index contributed by atoms with van der Waals surface area (Å²) in [7, 11) is -3.60. The van der Waals surface area contributed by atoms with Gasteiger partial charge < -0.3 is 10.0 Å². The van der Waals surface area contributed by atoms with Crippen LogP contribution in [0.2, 0.25) is 0 Å². The summed E-state index contributed by atoms with van der Waals surface area (Å²) in [6.07, 6.45) is 0. The van der Waals surface area contributed by atoms with Crippen molar-refractivity contribution in [1.29, 1.82) is 0 Å². The number of amides is 1. The van der Waals surface area contributed by atoms with Gasteiger partial charge in [0.05, 0.1) is 16.0 Å². The highest BCUT2D eigenvalue weighted by Gasteiger charge is 2.31. The van der Waals surface area contributed by atoms with Gasteiger partial charge in [-0.2, -0.15) is 4.31 Å². The van der Waals surface area contributed by atoms with Crippen molar-refractivity contribution in [2.45, 2.75) is 4.90 Å². The molecule has 1 N–H and O–H groups in total. The molecule has 0 bridgehead atoms. The fourth-order valence-corrected chi connectivity index (χ4v) is 4.34. The number of hydrogen-bond donors (Lipinski definition) is 1. The van der Waals surface area contributed by atoms with Gasteiger partial charge in [0, 0.05) is 26.2 Å². The maximum absolute atomic E-state index is 12.6. The summed E-state index contributed by atoms with van der Waals surface area (Å²) in [5, 5.41) is 9.23. The Balaban J connectivity index is 1.73. The van der Waals surface area contributed by atoms with Crippen molar-refractivity contribution >= 4 is 21.9 Å². The van der Waals surface area contributed by atoms with E-state index in [4.69, 9.17) is 0 Å². The van der Waals surface area contributed by atoms with Crippen LogP contribution >= 0.6 is 0 Å². The normalized spacial score (nSPS) is 15.6. The van der Waals surface area contributed by atoms with E-state index in [1.165, 1.54) is 33.5 Å². The third-order valence-corrected chi connectivity index (χ3v) is 6.21. The zero-order chi connectivity index (χ0) is 18.7. The number of hydrogen-bond acceptors (Lipinski definition) is 4. The Morgan fingerprint density at radius 3 is 1.92 bits per heavy atom. The molecule has 8 heteroatoms. The van der Waals surface area contributed by atoms with Crippen LogP contribution in [0.5, 0.6) is 0 Å². The second-order valence-corrected chi connectivity index (χ2v) is 7.80. The van der Waals surface area contributed by atoms with Gasteiger partial charge in [0.2, 0.25) is 10.0 Å². The summed E-state index contributed by atoms with van der Waals surface area (Å²) >= 11 is 0. The van der Waals surface area contributed by atoms with E-state index in [2.05, 4.69) is 0 Å². The first kappa shape index (κ1) is 18.1. The zero-order valence-corrected chi connectivity index (χ0v) is 14.7. The first-order valence-electron chi connectivity index (χ1n) is 8.08. The number of sulfonamides is 1. The highest BCUT2D eigenvalue weighted by Crippen LogP contribution is 2.19. The summed E-state index contributed by atoms with van der Waals surface area (Å²) in [6.45, 7) is 0.744. The first-order valence-corrected chi connectivity index (χ1v) is 9.52. The Kier molecular flexibility index (Phi) is 5.06. The van der Waals surface area contributed by atoms with Gasteiger partial charge in [-0.3, -0.25) is 4.79 Å². The minimum Gasteiger partial charge on any atom is -0.478 e. The van der Waals surface area contributed by atoms with Gasteiger partial charge in [0.15, 0.2) is 0 Å². The summed E-state index contributed by atoms with van der Waals surface area (Å²) in [5.74, 6) is -1.57. The van der Waals surface area contributed by atoms with E-state index in [1.54, 1.807) is 30.3 Å². The van der Waals surface area contributed by atoms with Gasteiger partial charge >= 0.3 is 5.97 Å². The Hall–Kier alpha value is -2.71. The molecule has 0 unspecified atom stereocenters. The van der Waals surface area contributed by atoms with Gasteiger partial charge in [-0.15, -0.1) is 0 Å². The van der Waals surface area contributed by atoms with Crippen molar-refractivity contribution in [3.8, 4) is 0 Å². The van der Waals surface area contributed by atoms with E-state index in [0.717, 1.165) is 0 Å². The molecule has 0 aromatic heterocycles. The molecule has 0 saturated carbocycles.